The number of H-pyrrole nitrogens is 1. The Morgan fingerprint density at radius 1 is 1.37 bits per heavy atom. The minimum absolute atomic E-state index is 0.565. The molecule has 3 rings (SSSR count). The van der Waals surface area contributed by atoms with Crippen LogP contribution in [0.1, 0.15) is 32.3 Å². The Morgan fingerprint density at radius 3 is 2.84 bits per heavy atom. The van der Waals surface area contributed by atoms with Crippen LogP contribution in [0.4, 0.5) is 0 Å². The quantitative estimate of drug-likeness (QED) is 0.835. The van der Waals surface area contributed by atoms with Gasteiger partial charge in [-0.25, -0.2) is 0 Å². The molecule has 2 N–H and O–H groups in total. The summed E-state index contributed by atoms with van der Waals surface area (Å²) < 4.78 is 0. The van der Waals surface area contributed by atoms with Crippen molar-refractivity contribution in [3.63, 3.8) is 0 Å². The molecule has 0 saturated heterocycles. The number of halogens is 1. The van der Waals surface area contributed by atoms with E-state index in [1.54, 1.807) is 0 Å². The summed E-state index contributed by atoms with van der Waals surface area (Å²) in [6, 6.07) is 6.04. The van der Waals surface area contributed by atoms with E-state index in [1.807, 2.05) is 12.1 Å². The third-order valence-electron chi connectivity index (χ3n) is 4.64. The summed E-state index contributed by atoms with van der Waals surface area (Å²) in [5.41, 5.74) is 3.01. The lowest BCUT2D eigenvalue weighted by Crippen LogP contribution is -2.27. The summed E-state index contributed by atoms with van der Waals surface area (Å²) in [6.45, 7) is 6.73. The van der Waals surface area contributed by atoms with Gasteiger partial charge in [-0.3, -0.25) is 0 Å². The highest BCUT2D eigenvalue weighted by Crippen LogP contribution is 2.51. The number of hydrogen-bond donors (Lipinski definition) is 2. The molecule has 1 fully saturated rings. The van der Waals surface area contributed by atoms with Gasteiger partial charge >= 0.3 is 0 Å². The molecule has 0 aliphatic heterocycles. The van der Waals surface area contributed by atoms with Gasteiger partial charge in [0.25, 0.3) is 0 Å². The van der Waals surface area contributed by atoms with E-state index in [-0.39, 0.29) is 0 Å². The van der Waals surface area contributed by atoms with Crippen molar-refractivity contribution < 1.29 is 0 Å². The number of aromatic nitrogens is 1. The number of hydrogen-bond acceptors (Lipinski definition) is 1. The Kier molecular flexibility index (Phi) is 3.32. The Labute approximate surface area is 119 Å². The van der Waals surface area contributed by atoms with Crippen molar-refractivity contribution in [2.75, 3.05) is 6.54 Å². The maximum absolute atomic E-state index is 6.00. The molecule has 1 aromatic carbocycles. The SMILES string of the molecule is CC(C)C1(CNCc2c[nH]c3cc(Cl)ccc23)CC1. The molecule has 1 aliphatic rings. The molecule has 0 amide bonds. The monoisotopic (exact) mass is 276 g/mol. The molecule has 102 valence electrons. The van der Waals surface area contributed by atoms with Crippen LogP contribution in [0.2, 0.25) is 5.02 Å². The summed E-state index contributed by atoms with van der Waals surface area (Å²) >= 11 is 6.00. The predicted molar refractivity (Wildman–Crippen MR) is 81.5 cm³/mol. The van der Waals surface area contributed by atoms with Crippen molar-refractivity contribution in [1.82, 2.24) is 10.3 Å². The molecule has 0 radical (unpaired) electrons. The minimum atomic E-state index is 0.565. The lowest BCUT2D eigenvalue weighted by Gasteiger charge is -2.19. The molecule has 2 aromatic rings. The summed E-state index contributed by atoms with van der Waals surface area (Å²) in [5, 5.41) is 5.68. The zero-order valence-corrected chi connectivity index (χ0v) is 12.3. The van der Waals surface area contributed by atoms with Crippen LogP contribution in [0.5, 0.6) is 0 Å². The van der Waals surface area contributed by atoms with Gasteiger partial charge in [-0.2, -0.15) is 0 Å². The van der Waals surface area contributed by atoms with E-state index >= 15 is 0 Å². The lowest BCUT2D eigenvalue weighted by atomic mass is 9.92. The summed E-state index contributed by atoms with van der Waals surface area (Å²) in [6.07, 6.45) is 4.84. The number of rotatable bonds is 5. The highest BCUT2D eigenvalue weighted by atomic mass is 35.5. The highest BCUT2D eigenvalue weighted by molar-refractivity contribution is 6.31. The topological polar surface area (TPSA) is 27.8 Å². The third kappa shape index (κ3) is 2.52. The molecule has 1 saturated carbocycles. The maximum atomic E-state index is 6.00. The fourth-order valence-corrected chi connectivity index (χ4v) is 3.04. The minimum Gasteiger partial charge on any atom is -0.361 e. The van der Waals surface area contributed by atoms with Gasteiger partial charge < -0.3 is 10.3 Å². The summed E-state index contributed by atoms with van der Waals surface area (Å²) in [5.74, 6) is 0.779. The number of benzene rings is 1. The van der Waals surface area contributed by atoms with E-state index in [1.165, 1.54) is 23.8 Å². The van der Waals surface area contributed by atoms with Gasteiger partial charge in [0.15, 0.2) is 0 Å². The normalized spacial score (nSPS) is 17.3. The first-order valence-corrected chi connectivity index (χ1v) is 7.45. The van der Waals surface area contributed by atoms with E-state index in [0.717, 1.165) is 29.5 Å². The smallest absolute Gasteiger partial charge is 0.0472 e. The van der Waals surface area contributed by atoms with Crippen molar-refractivity contribution >= 4 is 22.5 Å². The Hall–Kier alpha value is -0.990. The first-order valence-electron chi connectivity index (χ1n) is 7.07. The number of aromatic amines is 1. The van der Waals surface area contributed by atoms with Crippen molar-refractivity contribution in [3.05, 3.63) is 35.0 Å². The van der Waals surface area contributed by atoms with Gasteiger partial charge in [-0.15, -0.1) is 0 Å². The number of fused-ring (bicyclic) bond motifs is 1. The van der Waals surface area contributed by atoms with Gasteiger partial charge in [0, 0.05) is 35.2 Å². The molecule has 1 aliphatic carbocycles. The van der Waals surface area contributed by atoms with Crippen LogP contribution >= 0.6 is 11.6 Å². The lowest BCUT2D eigenvalue weighted by molar-refractivity contribution is 0.338. The van der Waals surface area contributed by atoms with Crippen LogP contribution in [0.25, 0.3) is 10.9 Å². The second-order valence-corrected chi connectivity index (χ2v) is 6.56. The average Bonchev–Trinajstić information content (AvgIpc) is 3.06. The van der Waals surface area contributed by atoms with Crippen molar-refractivity contribution in [2.45, 2.75) is 33.2 Å². The van der Waals surface area contributed by atoms with E-state index in [4.69, 9.17) is 11.6 Å². The molecule has 0 unspecified atom stereocenters. The van der Waals surface area contributed by atoms with Gasteiger partial charge in [0.2, 0.25) is 0 Å². The molecule has 1 heterocycles. The summed E-state index contributed by atoms with van der Waals surface area (Å²) in [7, 11) is 0. The second kappa shape index (κ2) is 4.84. The molecule has 2 nitrogen and oxygen atoms in total. The van der Waals surface area contributed by atoms with Crippen LogP contribution < -0.4 is 5.32 Å². The Balaban J connectivity index is 1.66. The first-order chi connectivity index (χ1) is 9.11. The molecule has 0 atom stereocenters. The summed E-state index contributed by atoms with van der Waals surface area (Å²) in [4.78, 5) is 3.29. The van der Waals surface area contributed by atoms with Gasteiger partial charge in [0.1, 0.15) is 0 Å². The zero-order valence-electron chi connectivity index (χ0n) is 11.6. The van der Waals surface area contributed by atoms with Crippen LogP contribution in [0.3, 0.4) is 0 Å². The van der Waals surface area contributed by atoms with Crippen LogP contribution in [-0.2, 0) is 6.54 Å². The van der Waals surface area contributed by atoms with Crippen LogP contribution in [0.15, 0.2) is 24.4 Å². The van der Waals surface area contributed by atoms with Gasteiger partial charge in [0.05, 0.1) is 0 Å². The molecule has 0 spiro atoms. The van der Waals surface area contributed by atoms with Gasteiger partial charge in [-0.1, -0.05) is 31.5 Å². The van der Waals surface area contributed by atoms with E-state index in [2.05, 4.69) is 36.4 Å². The molecule has 0 bridgehead atoms. The van der Waals surface area contributed by atoms with E-state index in [9.17, 15) is 0 Å². The molecule has 1 aromatic heterocycles. The Bertz CT molecular complexity index is 581. The van der Waals surface area contributed by atoms with Crippen molar-refractivity contribution in [3.8, 4) is 0 Å². The van der Waals surface area contributed by atoms with E-state index in [0.29, 0.717) is 5.41 Å². The number of nitrogens with one attached hydrogen (secondary N) is 2. The van der Waals surface area contributed by atoms with Crippen molar-refractivity contribution in [2.24, 2.45) is 11.3 Å². The Morgan fingerprint density at radius 2 is 2.16 bits per heavy atom. The first kappa shape index (κ1) is 13.0. The average molecular weight is 277 g/mol. The fourth-order valence-electron chi connectivity index (χ4n) is 2.87. The molecule has 19 heavy (non-hydrogen) atoms. The maximum Gasteiger partial charge on any atom is 0.0472 e. The third-order valence-corrected chi connectivity index (χ3v) is 4.87. The van der Waals surface area contributed by atoms with Crippen LogP contribution in [-0.4, -0.2) is 11.5 Å². The largest absolute Gasteiger partial charge is 0.361 e. The zero-order chi connectivity index (χ0) is 13.5. The molecular formula is C16H21ClN2. The highest BCUT2D eigenvalue weighted by Gasteiger charge is 2.44. The van der Waals surface area contributed by atoms with E-state index < -0.39 is 0 Å². The van der Waals surface area contributed by atoms with Crippen molar-refractivity contribution in [1.29, 1.82) is 0 Å². The van der Waals surface area contributed by atoms with Gasteiger partial charge in [-0.05, 0) is 41.9 Å². The second-order valence-electron chi connectivity index (χ2n) is 6.12. The molecule has 3 heteroatoms. The fraction of sp³-hybridized carbons (Fsp3) is 0.500. The molecular weight excluding hydrogens is 256 g/mol. The van der Waals surface area contributed by atoms with Crippen LogP contribution in [0, 0.1) is 11.3 Å². The standard InChI is InChI=1S/C16H21ClN2/c1-11(2)16(5-6-16)10-18-8-12-9-19-15-7-13(17)3-4-14(12)15/h3-4,7,9,11,18-19H,5-6,8,10H2,1-2H3. The predicted octanol–water partition coefficient (Wildman–Crippen LogP) is 4.35.